The number of nitrogens with two attached hydrogens (primary N) is 1. The third-order valence-electron chi connectivity index (χ3n) is 4.03. The maximum atomic E-state index is 12.0. The van der Waals surface area contributed by atoms with Crippen LogP contribution in [0.1, 0.15) is 24.5 Å². The summed E-state index contributed by atoms with van der Waals surface area (Å²) in [5, 5.41) is 2.98. The fourth-order valence-electron chi connectivity index (χ4n) is 2.56. The van der Waals surface area contributed by atoms with Crippen molar-refractivity contribution in [3.05, 3.63) is 35.4 Å². The van der Waals surface area contributed by atoms with Crippen LogP contribution in [0.25, 0.3) is 0 Å². The number of nitrogens with zero attached hydrogens (tertiary/aromatic N) is 1. The molecule has 2 atom stereocenters. The number of benzene rings is 1. The van der Waals surface area contributed by atoms with Crippen LogP contribution in [-0.2, 0) is 11.3 Å². The zero-order valence-electron chi connectivity index (χ0n) is 12.8. The first-order valence-electron chi connectivity index (χ1n) is 7.35. The zero-order valence-corrected chi connectivity index (χ0v) is 13.7. The average molecular weight is 312 g/mol. The van der Waals surface area contributed by atoms with Crippen molar-refractivity contribution in [2.24, 2.45) is 11.7 Å². The summed E-state index contributed by atoms with van der Waals surface area (Å²) in [4.78, 5) is 14.1. The number of aryl methyl sites for hydroxylation is 1. The summed E-state index contributed by atoms with van der Waals surface area (Å²) in [6, 6.07) is 8.52. The second kappa shape index (κ2) is 8.37. The summed E-state index contributed by atoms with van der Waals surface area (Å²) in [6.45, 7) is 7.12. The van der Waals surface area contributed by atoms with Crippen LogP contribution in [0, 0.1) is 12.8 Å². The highest BCUT2D eigenvalue weighted by molar-refractivity contribution is 5.85. The molecule has 0 saturated carbocycles. The Morgan fingerprint density at radius 2 is 2.05 bits per heavy atom. The molecule has 0 radical (unpaired) electrons. The fourth-order valence-corrected chi connectivity index (χ4v) is 2.56. The molecule has 3 N–H and O–H groups in total. The van der Waals surface area contributed by atoms with Gasteiger partial charge in [0.05, 0.1) is 6.54 Å². The van der Waals surface area contributed by atoms with Crippen molar-refractivity contribution in [2.75, 3.05) is 19.6 Å². The highest BCUT2D eigenvalue weighted by Crippen LogP contribution is 2.14. The van der Waals surface area contributed by atoms with E-state index in [0.717, 1.165) is 25.1 Å². The summed E-state index contributed by atoms with van der Waals surface area (Å²) >= 11 is 0. The van der Waals surface area contributed by atoms with Crippen molar-refractivity contribution in [1.29, 1.82) is 0 Å². The van der Waals surface area contributed by atoms with Crippen molar-refractivity contribution in [3.63, 3.8) is 0 Å². The van der Waals surface area contributed by atoms with E-state index in [1.54, 1.807) is 0 Å². The van der Waals surface area contributed by atoms with E-state index < -0.39 is 0 Å². The quantitative estimate of drug-likeness (QED) is 0.890. The summed E-state index contributed by atoms with van der Waals surface area (Å²) in [5.74, 6) is 0.557. The summed E-state index contributed by atoms with van der Waals surface area (Å²) in [5.41, 5.74) is 8.36. The Kier molecular flexibility index (Phi) is 7.15. The first-order chi connectivity index (χ1) is 9.54. The van der Waals surface area contributed by atoms with Gasteiger partial charge < -0.3 is 11.1 Å². The van der Waals surface area contributed by atoms with Crippen LogP contribution < -0.4 is 11.1 Å². The van der Waals surface area contributed by atoms with E-state index >= 15 is 0 Å². The number of amides is 1. The third kappa shape index (κ3) is 5.65. The molecule has 0 aromatic heterocycles. The van der Waals surface area contributed by atoms with Gasteiger partial charge in [0.1, 0.15) is 0 Å². The second-order valence-corrected chi connectivity index (χ2v) is 5.93. The molecule has 1 fully saturated rings. The van der Waals surface area contributed by atoms with Gasteiger partial charge in [-0.2, -0.15) is 0 Å². The lowest BCUT2D eigenvalue weighted by atomic mass is 9.95. The molecule has 1 aromatic carbocycles. The third-order valence-corrected chi connectivity index (χ3v) is 4.03. The molecule has 0 spiro atoms. The second-order valence-electron chi connectivity index (χ2n) is 5.93. The first kappa shape index (κ1) is 18.0. The molecule has 5 heteroatoms. The van der Waals surface area contributed by atoms with Crippen LogP contribution in [0.15, 0.2) is 24.3 Å². The van der Waals surface area contributed by atoms with E-state index in [4.69, 9.17) is 5.73 Å². The van der Waals surface area contributed by atoms with Crippen molar-refractivity contribution >= 4 is 18.3 Å². The minimum Gasteiger partial charge on any atom is -0.351 e. The molecule has 1 aliphatic rings. The van der Waals surface area contributed by atoms with Gasteiger partial charge in [0, 0.05) is 25.7 Å². The smallest absolute Gasteiger partial charge is 0.234 e. The van der Waals surface area contributed by atoms with Gasteiger partial charge >= 0.3 is 0 Å². The maximum Gasteiger partial charge on any atom is 0.234 e. The minimum absolute atomic E-state index is 0. The number of carbonyl (C=O) groups excluding carboxylic acids is 1. The van der Waals surface area contributed by atoms with E-state index in [1.165, 1.54) is 5.56 Å². The van der Waals surface area contributed by atoms with Crippen LogP contribution >= 0.6 is 12.4 Å². The zero-order chi connectivity index (χ0) is 14.5. The lowest BCUT2D eigenvalue weighted by Gasteiger charge is -2.34. The molecule has 1 amide bonds. The van der Waals surface area contributed by atoms with Crippen molar-refractivity contribution in [2.45, 2.75) is 32.9 Å². The van der Waals surface area contributed by atoms with Gasteiger partial charge in [0.15, 0.2) is 0 Å². The number of likely N-dealkylation sites (tertiary alicyclic amines) is 1. The van der Waals surface area contributed by atoms with Crippen molar-refractivity contribution in [1.82, 2.24) is 10.2 Å². The van der Waals surface area contributed by atoms with E-state index in [9.17, 15) is 4.79 Å². The lowest BCUT2D eigenvalue weighted by molar-refractivity contribution is -0.122. The summed E-state index contributed by atoms with van der Waals surface area (Å²) in [7, 11) is 0. The molecule has 2 unspecified atom stereocenters. The molecule has 1 aromatic rings. The Bertz CT molecular complexity index is 449. The normalized spacial score (nSPS) is 22.4. The number of hydrogen-bond acceptors (Lipinski definition) is 3. The number of nitrogens with one attached hydrogen (secondary N) is 1. The summed E-state index contributed by atoms with van der Waals surface area (Å²) < 4.78 is 0. The first-order valence-corrected chi connectivity index (χ1v) is 7.35. The van der Waals surface area contributed by atoms with Crippen molar-refractivity contribution < 1.29 is 4.79 Å². The number of halogens is 1. The molecule has 2 rings (SSSR count). The molecule has 21 heavy (non-hydrogen) atoms. The standard InChI is InChI=1S/C16H25N3O.ClH/c1-12-3-5-14(6-4-12)9-18-16(20)11-19-8-7-15(17)13(2)10-19;/h3-6,13,15H,7-11,17H2,1-2H3,(H,18,20);1H. The Morgan fingerprint density at radius 1 is 1.38 bits per heavy atom. The SMILES string of the molecule is Cc1ccc(CNC(=O)CN2CCC(N)C(C)C2)cc1.Cl. The predicted octanol–water partition coefficient (Wildman–Crippen LogP) is 1.70. The topological polar surface area (TPSA) is 58.4 Å². The average Bonchev–Trinajstić information content (AvgIpc) is 2.42. The number of rotatable bonds is 4. The van der Waals surface area contributed by atoms with Crippen LogP contribution in [0.2, 0.25) is 0 Å². The minimum atomic E-state index is 0. The lowest BCUT2D eigenvalue weighted by Crippen LogP contribution is -2.48. The van der Waals surface area contributed by atoms with Gasteiger partial charge in [-0.25, -0.2) is 0 Å². The highest BCUT2D eigenvalue weighted by Gasteiger charge is 2.24. The van der Waals surface area contributed by atoms with Gasteiger partial charge in [-0.1, -0.05) is 36.8 Å². The molecular formula is C16H26ClN3O. The van der Waals surface area contributed by atoms with Crippen molar-refractivity contribution in [3.8, 4) is 0 Å². The molecule has 1 saturated heterocycles. The number of hydrogen-bond donors (Lipinski definition) is 2. The highest BCUT2D eigenvalue weighted by atomic mass is 35.5. The molecule has 4 nitrogen and oxygen atoms in total. The molecule has 118 valence electrons. The van der Waals surface area contributed by atoms with Gasteiger partial charge in [-0.05, 0) is 24.8 Å². The van der Waals surface area contributed by atoms with Crippen LogP contribution in [0.5, 0.6) is 0 Å². The van der Waals surface area contributed by atoms with E-state index in [1.807, 2.05) is 0 Å². The monoisotopic (exact) mass is 311 g/mol. The van der Waals surface area contributed by atoms with E-state index in [0.29, 0.717) is 19.0 Å². The predicted molar refractivity (Wildman–Crippen MR) is 88.5 cm³/mol. The van der Waals surface area contributed by atoms with E-state index in [-0.39, 0.29) is 24.4 Å². The Labute approximate surface area is 133 Å². The largest absolute Gasteiger partial charge is 0.351 e. The molecule has 1 aliphatic heterocycles. The van der Waals surface area contributed by atoms with Crippen LogP contribution in [0.3, 0.4) is 0 Å². The van der Waals surface area contributed by atoms with Gasteiger partial charge in [-0.3, -0.25) is 9.69 Å². The molecular weight excluding hydrogens is 286 g/mol. The summed E-state index contributed by atoms with van der Waals surface area (Å²) in [6.07, 6.45) is 0.979. The van der Waals surface area contributed by atoms with Gasteiger partial charge in [0.25, 0.3) is 0 Å². The molecule has 0 bridgehead atoms. The maximum absolute atomic E-state index is 12.0. The van der Waals surface area contributed by atoms with Crippen LogP contribution in [-0.4, -0.2) is 36.5 Å². The van der Waals surface area contributed by atoms with Crippen LogP contribution in [0.4, 0.5) is 0 Å². The Hall–Kier alpha value is -1.10. The number of piperidine rings is 1. The molecule has 1 heterocycles. The van der Waals surface area contributed by atoms with Gasteiger partial charge in [0.2, 0.25) is 5.91 Å². The Morgan fingerprint density at radius 3 is 2.67 bits per heavy atom. The van der Waals surface area contributed by atoms with E-state index in [2.05, 4.69) is 48.3 Å². The number of carbonyl (C=O) groups is 1. The van der Waals surface area contributed by atoms with Gasteiger partial charge in [-0.15, -0.1) is 12.4 Å². The molecule has 0 aliphatic carbocycles. The fraction of sp³-hybridized carbons (Fsp3) is 0.562. The Balaban J connectivity index is 0.00000220.